The Hall–Kier alpha value is -2.14. The molecule has 0 spiro atoms. The fourth-order valence-corrected chi connectivity index (χ4v) is 1.76. The van der Waals surface area contributed by atoms with E-state index < -0.39 is 0 Å². The Balaban J connectivity index is 2.36. The van der Waals surface area contributed by atoms with Crippen LogP contribution >= 0.6 is 0 Å². The van der Waals surface area contributed by atoms with Crippen LogP contribution < -0.4 is 10.9 Å². The Kier molecular flexibility index (Phi) is 3.97. The summed E-state index contributed by atoms with van der Waals surface area (Å²) in [6.07, 6.45) is 0. The van der Waals surface area contributed by atoms with Crippen LogP contribution in [-0.2, 0) is 6.54 Å². The third-order valence-electron chi connectivity index (χ3n) is 2.69. The highest BCUT2D eigenvalue weighted by atomic mass is 16.3. The molecule has 0 radical (unpaired) electrons. The van der Waals surface area contributed by atoms with Crippen molar-refractivity contribution in [2.24, 2.45) is 0 Å². The van der Waals surface area contributed by atoms with Crippen LogP contribution in [0.15, 0.2) is 35.1 Å². The van der Waals surface area contributed by atoms with Gasteiger partial charge in [-0.1, -0.05) is 44.2 Å². The van der Waals surface area contributed by atoms with Crippen molar-refractivity contribution in [3.05, 3.63) is 46.5 Å². The second-order valence-corrected chi connectivity index (χ2v) is 4.61. The molecule has 0 aliphatic heterocycles. The first-order chi connectivity index (χ1) is 9.08. The number of hydrogen-bond donors (Lipinski definition) is 3. The topological polar surface area (TPSA) is 78.0 Å². The van der Waals surface area contributed by atoms with Gasteiger partial charge in [0.1, 0.15) is 11.4 Å². The van der Waals surface area contributed by atoms with Gasteiger partial charge in [-0.15, -0.1) is 0 Å². The second-order valence-electron chi connectivity index (χ2n) is 4.61. The lowest BCUT2D eigenvalue weighted by Gasteiger charge is -2.09. The van der Waals surface area contributed by atoms with E-state index in [-0.39, 0.29) is 23.0 Å². The monoisotopic (exact) mass is 259 g/mol. The van der Waals surface area contributed by atoms with Crippen molar-refractivity contribution in [2.45, 2.75) is 26.4 Å². The molecule has 100 valence electrons. The predicted molar refractivity (Wildman–Crippen MR) is 73.9 cm³/mol. The molecule has 5 nitrogen and oxygen atoms in total. The summed E-state index contributed by atoms with van der Waals surface area (Å²) in [6, 6.07) is 9.27. The number of aromatic hydroxyl groups is 1. The maximum absolute atomic E-state index is 12.0. The van der Waals surface area contributed by atoms with Crippen LogP contribution in [0.4, 0.5) is 0 Å². The van der Waals surface area contributed by atoms with Gasteiger partial charge in [-0.3, -0.25) is 4.79 Å². The molecule has 2 aromatic rings. The standard InChI is InChI=1S/C14H17N3O2/c1-9(2)15-8-11-16-13(18)12(14(19)17-11)10-6-4-3-5-7-10/h3-7,9,15H,8H2,1-2H3,(H2,16,17,18,19). The van der Waals surface area contributed by atoms with E-state index >= 15 is 0 Å². The zero-order valence-electron chi connectivity index (χ0n) is 11.0. The first kappa shape index (κ1) is 13.3. The highest BCUT2D eigenvalue weighted by Gasteiger charge is 2.12. The Labute approximate surface area is 111 Å². The lowest BCUT2D eigenvalue weighted by atomic mass is 10.1. The SMILES string of the molecule is CC(C)NCc1nc(O)c(-c2ccccc2)c(=O)[nH]1. The van der Waals surface area contributed by atoms with Crippen LogP contribution in [0.5, 0.6) is 5.88 Å². The minimum atomic E-state index is -0.334. The zero-order chi connectivity index (χ0) is 13.8. The molecule has 1 aromatic carbocycles. The van der Waals surface area contributed by atoms with Gasteiger partial charge in [0.25, 0.3) is 5.56 Å². The molecule has 0 unspecified atom stereocenters. The van der Waals surface area contributed by atoms with E-state index in [9.17, 15) is 9.90 Å². The number of benzene rings is 1. The van der Waals surface area contributed by atoms with Crippen molar-refractivity contribution in [1.29, 1.82) is 0 Å². The Morgan fingerprint density at radius 3 is 2.58 bits per heavy atom. The third-order valence-corrected chi connectivity index (χ3v) is 2.69. The molecule has 0 aliphatic carbocycles. The van der Waals surface area contributed by atoms with Crippen LogP contribution in [0.25, 0.3) is 11.1 Å². The first-order valence-corrected chi connectivity index (χ1v) is 6.19. The van der Waals surface area contributed by atoms with E-state index in [1.807, 2.05) is 32.0 Å². The van der Waals surface area contributed by atoms with Crippen LogP contribution in [0.2, 0.25) is 0 Å². The minimum Gasteiger partial charge on any atom is -0.493 e. The van der Waals surface area contributed by atoms with Crippen molar-refractivity contribution in [3.63, 3.8) is 0 Å². The fraction of sp³-hybridized carbons (Fsp3) is 0.286. The summed E-state index contributed by atoms with van der Waals surface area (Å²) in [6.45, 7) is 4.40. The molecule has 1 aromatic heterocycles. The highest BCUT2D eigenvalue weighted by Crippen LogP contribution is 2.22. The van der Waals surface area contributed by atoms with E-state index in [0.717, 1.165) is 0 Å². The number of nitrogens with zero attached hydrogens (tertiary/aromatic N) is 1. The molecule has 19 heavy (non-hydrogen) atoms. The van der Waals surface area contributed by atoms with Gasteiger partial charge in [0.2, 0.25) is 5.88 Å². The minimum absolute atomic E-state index is 0.203. The van der Waals surface area contributed by atoms with Crippen molar-refractivity contribution in [3.8, 4) is 17.0 Å². The average molecular weight is 259 g/mol. The van der Waals surface area contributed by atoms with E-state index in [1.165, 1.54) is 0 Å². The van der Waals surface area contributed by atoms with Gasteiger partial charge in [-0.05, 0) is 5.56 Å². The summed E-state index contributed by atoms with van der Waals surface area (Å²) in [5.74, 6) is 0.186. The summed E-state index contributed by atoms with van der Waals surface area (Å²) in [4.78, 5) is 18.7. The molecule has 0 bridgehead atoms. The summed E-state index contributed by atoms with van der Waals surface area (Å²) < 4.78 is 0. The largest absolute Gasteiger partial charge is 0.493 e. The first-order valence-electron chi connectivity index (χ1n) is 6.19. The maximum atomic E-state index is 12.0. The van der Waals surface area contributed by atoms with Gasteiger partial charge >= 0.3 is 0 Å². The van der Waals surface area contributed by atoms with Crippen molar-refractivity contribution < 1.29 is 5.11 Å². The normalized spacial score (nSPS) is 10.9. The number of aromatic amines is 1. The molecule has 0 fully saturated rings. The Morgan fingerprint density at radius 2 is 2.00 bits per heavy atom. The van der Waals surface area contributed by atoms with Gasteiger partial charge in [0.05, 0.1) is 6.54 Å². The summed E-state index contributed by atoms with van der Waals surface area (Å²) in [5, 5.41) is 13.1. The van der Waals surface area contributed by atoms with Crippen LogP contribution in [0, 0.1) is 0 Å². The Bertz CT molecular complexity index is 606. The summed E-state index contributed by atoms with van der Waals surface area (Å²) in [5.41, 5.74) is 0.519. The molecule has 3 N–H and O–H groups in total. The number of nitrogens with one attached hydrogen (secondary N) is 2. The summed E-state index contributed by atoms with van der Waals surface area (Å²) >= 11 is 0. The second kappa shape index (κ2) is 5.67. The van der Waals surface area contributed by atoms with E-state index in [2.05, 4.69) is 15.3 Å². The molecule has 0 aliphatic rings. The smallest absolute Gasteiger partial charge is 0.262 e. The van der Waals surface area contributed by atoms with Crippen molar-refractivity contribution in [1.82, 2.24) is 15.3 Å². The molecule has 1 heterocycles. The van der Waals surface area contributed by atoms with Gasteiger partial charge in [-0.2, -0.15) is 4.98 Å². The number of rotatable bonds is 4. The van der Waals surface area contributed by atoms with Crippen LogP contribution in [0.1, 0.15) is 19.7 Å². The molecule has 2 rings (SSSR count). The molecule has 0 amide bonds. The number of hydrogen-bond acceptors (Lipinski definition) is 4. The van der Waals surface area contributed by atoms with Gasteiger partial charge in [0, 0.05) is 6.04 Å². The van der Waals surface area contributed by atoms with Gasteiger partial charge in [0.15, 0.2) is 0 Å². The van der Waals surface area contributed by atoms with E-state index in [1.54, 1.807) is 12.1 Å². The molecular weight excluding hydrogens is 242 g/mol. The number of H-pyrrole nitrogens is 1. The fourth-order valence-electron chi connectivity index (χ4n) is 1.76. The lowest BCUT2D eigenvalue weighted by Crippen LogP contribution is -2.25. The molecular formula is C14H17N3O2. The summed E-state index contributed by atoms with van der Waals surface area (Å²) in [7, 11) is 0. The van der Waals surface area contributed by atoms with Crippen molar-refractivity contribution in [2.75, 3.05) is 0 Å². The van der Waals surface area contributed by atoms with Gasteiger partial charge in [-0.25, -0.2) is 0 Å². The van der Waals surface area contributed by atoms with Crippen LogP contribution in [-0.4, -0.2) is 21.1 Å². The Morgan fingerprint density at radius 1 is 1.32 bits per heavy atom. The average Bonchev–Trinajstić information content (AvgIpc) is 2.37. The lowest BCUT2D eigenvalue weighted by molar-refractivity contribution is 0.446. The molecule has 0 saturated heterocycles. The molecule has 0 atom stereocenters. The quantitative estimate of drug-likeness (QED) is 0.780. The van der Waals surface area contributed by atoms with Gasteiger partial charge < -0.3 is 15.4 Å². The molecule has 5 heteroatoms. The number of aromatic nitrogens is 2. The highest BCUT2D eigenvalue weighted by molar-refractivity contribution is 5.66. The maximum Gasteiger partial charge on any atom is 0.262 e. The molecule has 0 saturated carbocycles. The zero-order valence-corrected chi connectivity index (χ0v) is 11.0. The third kappa shape index (κ3) is 3.20. The predicted octanol–water partition coefficient (Wildman–Crippen LogP) is 1.64. The van der Waals surface area contributed by atoms with E-state index in [0.29, 0.717) is 17.9 Å². The van der Waals surface area contributed by atoms with Crippen molar-refractivity contribution >= 4 is 0 Å². The van der Waals surface area contributed by atoms with Crippen LogP contribution in [0.3, 0.4) is 0 Å². The van der Waals surface area contributed by atoms with E-state index in [4.69, 9.17) is 0 Å².